The van der Waals surface area contributed by atoms with Crippen LogP contribution in [0.4, 0.5) is 6.01 Å². The third-order valence-corrected chi connectivity index (χ3v) is 3.73. The number of amides is 1. The minimum atomic E-state index is -0.302. The van der Waals surface area contributed by atoms with Crippen LogP contribution in [0.3, 0.4) is 0 Å². The average molecular weight is 290 g/mol. The summed E-state index contributed by atoms with van der Waals surface area (Å²) in [6.45, 7) is 4.97. The molecule has 21 heavy (non-hydrogen) atoms. The Morgan fingerprint density at radius 2 is 2.33 bits per heavy atom. The number of hydrogen-bond acceptors (Lipinski definition) is 6. The minimum absolute atomic E-state index is 0.138. The zero-order chi connectivity index (χ0) is 15.0. The number of fused-ring (bicyclic) bond motifs is 1. The van der Waals surface area contributed by atoms with E-state index in [-0.39, 0.29) is 18.0 Å². The summed E-state index contributed by atoms with van der Waals surface area (Å²) in [6.07, 6.45) is 2.37. The second-order valence-corrected chi connectivity index (χ2v) is 5.18. The number of carbonyl (C=O) groups excluding carboxylic acids is 1. The quantitative estimate of drug-likeness (QED) is 0.890. The van der Waals surface area contributed by atoms with Crippen molar-refractivity contribution in [3.05, 3.63) is 23.6 Å². The van der Waals surface area contributed by atoms with Gasteiger partial charge in [0.2, 0.25) is 5.91 Å². The second kappa shape index (κ2) is 5.28. The second-order valence-electron chi connectivity index (χ2n) is 5.18. The average Bonchev–Trinajstić information content (AvgIpc) is 3.05. The van der Waals surface area contributed by atoms with E-state index in [0.717, 1.165) is 23.8 Å². The number of oxazole rings is 1. The standard InChI is InChI=1S/C13H18N6O2/c1-4-9-5-14-13(21-9)15-12(20)10-6-19-8(2)16-17-11(19)7-18(10)3/h5,10H,4,6-7H2,1-3H3,(H,14,15,20). The van der Waals surface area contributed by atoms with Crippen LogP contribution in [-0.4, -0.2) is 43.6 Å². The Labute approximate surface area is 122 Å². The van der Waals surface area contributed by atoms with Gasteiger partial charge in [-0.15, -0.1) is 10.2 Å². The highest BCUT2D eigenvalue weighted by Crippen LogP contribution is 2.17. The van der Waals surface area contributed by atoms with Crippen molar-refractivity contribution in [2.45, 2.75) is 39.4 Å². The summed E-state index contributed by atoms with van der Waals surface area (Å²) in [5.41, 5.74) is 0. The fraction of sp³-hybridized carbons (Fsp3) is 0.538. The van der Waals surface area contributed by atoms with Crippen LogP contribution >= 0.6 is 0 Å². The molecule has 0 saturated carbocycles. The van der Waals surface area contributed by atoms with E-state index >= 15 is 0 Å². The Morgan fingerprint density at radius 1 is 1.52 bits per heavy atom. The predicted molar refractivity (Wildman–Crippen MR) is 74.5 cm³/mol. The van der Waals surface area contributed by atoms with E-state index < -0.39 is 0 Å². The number of nitrogens with one attached hydrogen (secondary N) is 1. The fourth-order valence-electron chi connectivity index (χ4n) is 2.43. The van der Waals surface area contributed by atoms with E-state index in [4.69, 9.17) is 4.42 Å². The Hall–Kier alpha value is -2.22. The van der Waals surface area contributed by atoms with E-state index in [9.17, 15) is 4.79 Å². The van der Waals surface area contributed by atoms with Crippen LogP contribution in [-0.2, 0) is 24.3 Å². The maximum atomic E-state index is 12.4. The van der Waals surface area contributed by atoms with Crippen LogP contribution in [0.1, 0.15) is 24.3 Å². The third-order valence-electron chi connectivity index (χ3n) is 3.73. The molecule has 0 radical (unpaired) electrons. The van der Waals surface area contributed by atoms with Gasteiger partial charge in [0.05, 0.1) is 19.3 Å². The summed E-state index contributed by atoms with van der Waals surface area (Å²) >= 11 is 0. The molecule has 1 amide bonds. The van der Waals surface area contributed by atoms with Gasteiger partial charge in [0, 0.05) is 6.42 Å². The summed E-state index contributed by atoms with van der Waals surface area (Å²) in [6, 6.07) is -0.0549. The zero-order valence-electron chi connectivity index (χ0n) is 12.3. The SMILES string of the molecule is CCc1cnc(NC(=O)C2Cn3c(C)nnc3CN2C)o1. The van der Waals surface area contributed by atoms with Gasteiger partial charge in [-0.25, -0.2) is 4.98 Å². The Morgan fingerprint density at radius 3 is 3.05 bits per heavy atom. The molecular formula is C13H18N6O2. The van der Waals surface area contributed by atoms with Gasteiger partial charge in [-0.2, -0.15) is 0 Å². The monoisotopic (exact) mass is 290 g/mol. The number of aryl methyl sites for hydroxylation is 2. The largest absolute Gasteiger partial charge is 0.429 e. The lowest BCUT2D eigenvalue weighted by atomic mass is 10.2. The van der Waals surface area contributed by atoms with Crippen LogP contribution in [0.5, 0.6) is 0 Å². The van der Waals surface area contributed by atoms with Gasteiger partial charge >= 0.3 is 6.01 Å². The van der Waals surface area contributed by atoms with Crippen LogP contribution in [0.15, 0.2) is 10.6 Å². The van der Waals surface area contributed by atoms with Gasteiger partial charge in [-0.1, -0.05) is 6.92 Å². The van der Waals surface area contributed by atoms with Crippen molar-refractivity contribution in [1.29, 1.82) is 0 Å². The highest BCUT2D eigenvalue weighted by Gasteiger charge is 2.31. The molecule has 8 nitrogen and oxygen atoms in total. The van der Waals surface area contributed by atoms with Crippen molar-refractivity contribution in [3.8, 4) is 0 Å². The molecule has 1 N–H and O–H groups in total. The molecule has 3 rings (SSSR count). The van der Waals surface area contributed by atoms with Gasteiger partial charge in [-0.05, 0) is 14.0 Å². The van der Waals surface area contributed by atoms with Crippen LogP contribution < -0.4 is 5.32 Å². The lowest BCUT2D eigenvalue weighted by Crippen LogP contribution is -2.48. The summed E-state index contributed by atoms with van der Waals surface area (Å²) in [5.74, 6) is 2.31. The summed E-state index contributed by atoms with van der Waals surface area (Å²) in [7, 11) is 1.89. The van der Waals surface area contributed by atoms with Crippen LogP contribution in [0.2, 0.25) is 0 Å². The van der Waals surface area contributed by atoms with Crippen molar-refractivity contribution < 1.29 is 9.21 Å². The van der Waals surface area contributed by atoms with Crippen LogP contribution in [0, 0.1) is 6.92 Å². The Kier molecular flexibility index (Phi) is 3.46. The third kappa shape index (κ3) is 2.54. The Bertz CT molecular complexity index is 661. The molecule has 1 aliphatic heterocycles. The van der Waals surface area contributed by atoms with Crippen molar-refractivity contribution in [3.63, 3.8) is 0 Å². The molecule has 0 spiro atoms. The van der Waals surface area contributed by atoms with Gasteiger partial charge in [0.1, 0.15) is 23.5 Å². The molecule has 3 heterocycles. The first-order valence-electron chi connectivity index (χ1n) is 6.93. The molecular weight excluding hydrogens is 272 g/mol. The normalized spacial score (nSPS) is 18.5. The number of aromatic nitrogens is 4. The first-order valence-corrected chi connectivity index (χ1v) is 6.93. The lowest BCUT2D eigenvalue weighted by molar-refractivity contribution is -0.122. The number of rotatable bonds is 3. The zero-order valence-corrected chi connectivity index (χ0v) is 12.3. The number of nitrogens with zero attached hydrogens (tertiary/aromatic N) is 5. The highest BCUT2D eigenvalue weighted by molar-refractivity contribution is 5.93. The maximum absolute atomic E-state index is 12.4. The number of carbonyl (C=O) groups is 1. The first-order chi connectivity index (χ1) is 10.1. The molecule has 2 aromatic rings. The van der Waals surface area contributed by atoms with E-state index in [1.165, 1.54) is 0 Å². The van der Waals surface area contributed by atoms with Gasteiger partial charge < -0.3 is 8.98 Å². The summed E-state index contributed by atoms with van der Waals surface area (Å²) < 4.78 is 7.38. The fourth-order valence-corrected chi connectivity index (χ4v) is 2.43. The molecule has 1 unspecified atom stereocenters. The molecule has 0 bridgehead atoms. The van der Waals surface area contributed by atoms with Crippen molar-refractivity contribution in [2.24, 2.45) is 0 Å². The molecule has 2 aromatic heterocycles. The molecule has 112 valence electrons. The number of hydrogen-bond donors (Lipinski definition) is 1. The summed E-state index contributed by atoms with van der Waals surface area (Å²) in [4.78, 5) is 18.4. The molecule has 1 aliphatic rings. The number of likely N-dealkylation sites (N-methyl/N-ethyl adjacent to an activating group) is 1. The predicted octanol–water partition coefficient (Wildman–Crippen LogP) is 0.590. The molecule has 0 fully saturated rings. The molecule has 0 aliphatic carbocycles. The lowest BCUT2D eigenvalue weighted by Gasteiger charge is -2.31. The van der Waals surface area contributed by atoms with Gasteiger partial charge in [0.25, 0.3) is 0 Å². The molecule has 0 saturated heterocycles. The van der Waals surface area contributed by atoms with Crippen LogP contribution in [0.25, 0.3) is 0 Å². The molecule has 1 atom stereocenters. The van der Waals surface area contributed by atoms with E-state index in [1.54, 1.807) is 6.20 Å². The Balaban J connectivity index is 1.74. The number of anilines is 1. The van der Waals surface area contributed by atoms with E-state index in [1.807, 2.05) is 30.4 Å². The smallest absolute Gasteiger partial charge is 0.301 e. The van der Waals surface area contributed by atoms with Crippen molar-refractivity contribution in [1.82, 2.24) is 24.6 Å². The maximum Gasteiger partial charge on any atom is 0.301 e. The van der Waals surface area contributed by atoms with E-state index in [0.29, 0.717) is 13.1 Å². The molecule has 8 heteroatoms. The van der Waals surface area contributed by atoms with Crippen molar-refractivity contribution in [2.75, 3.05) is 12.4 Å². The van der Waals surface area contributed by atoms with Crippen molar-refractivity contribution >= 4 is 11.9 Å². The highest BCUT2D eigenvalue weighted by atomic mass is 16.4. The van der Waals surface area contributed by atoms with Gasteiger partial charge in [0.15, 0.2) is 0 Å². The van der Waals surface area contributed by atoms with E-state index in [2.05, 4.69) is 20.5 Å². The first kappa shape index (κ1) is 13.7. The molecule has 0 aromatic carbocycles. The van der Waals surface area contributed by atoms with Gasteiger partial charge in [-0.3, -0.25) is 15.0 Å². The minimum Gasteiger partial charge on any atom is -0.429 e. The summed E-state index contributed by atoms with van der Waals surface area (Å²) in [5, 5.41) is 10.9. The topological polar surface area (TPSA) is 89.1 Å².